The summed E-state index contributed by atoms with van der Waals surface area (Å²) in [6.45, 7) is 3.75. The number of unbranched alkanes of at least 4 members (excludes halogenated alkanes) is 5. The minimum Gasteiger partial charge on any atom is -0.481 e. The molecule has 4 heteroatoms. The summed E-state index contributed by atoms with van der Waals surface area (Å²) in [6.07, 6.45) is 13.8. The van der Waals surface area contributed by atoms with Crippen LogP contribution in [-0.4, -0.2) is 35.0 Å². The van der Waals surface area contributed by atoms with Crippen LogP contribution in [0.5, 0.6) is 0 Å². The summed E-state index contributed by atoms with van der Waals surface area (Å²) in [7, 11) is 0. The highest BCUT2D eigenvalue weighted by Crippen LogP contribution is 2.22. The van der Waals surface area contributed by atoms with Crippen LogP contribution >= 0.6 is 0 Å². The van der Waals surface area contributed by atoms with Gasteiger partial charge in [0.2, 0.25) is 5.91 Å². The fourth-order valence-corrected chi connectivity index (χ4v) is 2.92. The third-order valence-electron chi connectivity index (χ3n) is 4.43. The third kappa shape index (κ3) is 8.20. The number of aliphatic carboxylic acids is 1. The van der Waals surface area contributed by atoms with Crippen LogP contribution in [0.1, 0.15) is 71.1 Å². The Hall–Kier alpha value is -1.32. The van der Waals surface area contributed by atoms with Crippen molar-refractivity contribution in [2.24, 2.45) is 5.92 Å². The first-order valence-corrected chi connectivity index (χ1v) is 8.80. The number of hydrogen-bond donors (Lipinski definition) is 1. The van der Waals surface area contributed by atoms with E-state index >= 15 is 0 Å². The highest BCUT2D eigenvalue weighted by molar-refractivity contribution is 5.87. The number of piperidine rings is 1. The second kappa shape index (κ2) is 11.3. The second-order valence-electron chi connectivity index (χ2n) is 6.31. The van der Waals surface area contributed by atoms with Gasteiger partial charge >= 0.3 is 5.97 Å². The Balaban J connectivity index is 2.12. The van der Waals surface area contributed by atoms with Crippen molar-refractivity contribution in [3.05, 3.63) is 12.2 Å². The minimum atomic E-state index is -0.722. The van der Waals surface area contributed by atoms with E-state index in [2.05, 4.69) is 6.92 Å². The lowest BCUT2D eigenvalue weighted by Crippen LogP contribution is -2.37. The average molecular weight is 309 g/mol. The summed E-state index contributed by atoms with van der Waals surface area (Å²) in [5.41, 5.74) is 0. The van der Waals surface area contributed by atoms with Gasteiger partial charge in [0.05, 0.1) is 0 Å². The standard InChI is InChI=1S/C18H31NO3/c1-2-3-4-5-6-7-8-9-17(20)19-14-12-16(13-15-19)10-11-18(21)22/h8-9,16H,2-7,10-15H2,1H3,(H,21,22). The van der Waals surface area contributed by atoms with Crippen molar-refractivity contribution >= 4 is 11.9 Å². The number of carboxylic acid groups (broad SMARTS) is 1. The number of carbonyl (C=O) groups is 2. The van der Waals surface area contributed by atoms with E-state index in [1.165, 1.54) is 32.1 Å². The Kier molecular flexibility index (Phi) is 9.60. The zero-order valence-corrected chi connectivity index (χ0v) is 13.9. The van der Waals surface area contributed by atoms with E-state index in [1.807, 2.05) is 11.0 Å². The molecule has 4 nitrogen and oxygen atoms in total. The molecule has 0 unspecified atom stereocenters. The number of amides is 1. The fourth-order valence-electron chi connectivity index (χ4n) is 2.92. The summed E-state index contributed by atoms with van der Waals surface area (Å²) in [5.74, 6) is -0.145. The maximum atomic E-state index is 12.1. The van der Waals surface area contributed by atoms with E-state index in [1.54, 1.807) is 6.08 Å². The lowest BCUT2D eigenvalue weighted by atomic mass is 9.92. The fraction of sp³-hybridized carbons (Fsp3) is 0.778. The van der Waals surface area contributed by atoms with Gasteiger partial charge in [0, 0.05) is 19.5 Å². The van der Waals surface area contributed by atoms with Crippen LogP contribution in [0.4, 0.5) is 0 Å². The van der Waals surface area contributed by atoms with Gasteiger partial charge in [0.25, 0.3) is 0 Å². The van der Waals surface area contributed by atoms with Crippen molar-refractivity contribution in [1.29, 1.82) is 0 Å². The number of allylic oxidation sites excluding steroid dienone is 1. The smallest absolute Gasteiger partial charge is 0.303 e. The van der Waals surface area contributed by atoms with Gasteiger partial charge in [-0.15, -0.1) is 0 Å². The van der Waals surface area contributed by atoms with Gasteiger partial charge in [-0.2, -0.15) is 0 Å². The van der Waals surface area contributed by atoms with Crippen LogP contribution < -0.4 is 0 Å². The minimum absolute atomic E-state index is 0.116. The van der Waals surface area contributed by atoms with E-state index < -0.39 is 5.97 Å². The molecule has 1 rings (SSSR count). The average Bonchev–Trinajstić information content (AvgIpc) is 2.52. The largest absolute Gasteiger partial charge is 0.481 e. The molecule has 0 aromatic carbocycles. The maximum absolute atomic E-state index is 12.1. The highest BCUT2D eigenvalue weighted by atomic mass is 16.4. The zero-order valence-electron chi connectivity index (χ0n) is 13.9. The van der Waals surface area contributed by atoms with Crippen molar-refractivity contribution in [2.45, 2.75) is 71.1 Å². The third-order valence-corrected chi connectivity index (χ3v) is 4.43. The summed E-state index contributed by atoms with van der Waals surface area (Å²) in [6, 6.07) is 0. The molecule has 22 heavy (non-hydrogen) atoms. The van der Waals surface area contributed by atoms with Crippen molar-refractivity contribution in [2.75, 3.05) is 13.1 Å². The van der Waals surface area contributed by atoms with Gasteiger partial charge in [-0.3, -0.25) is 9.59 Å². The molecular formula is C18H31NO3. The van der Waals surface area contributed by atoms with E-state index in [4.69, 9.17) is 5.11 Å². The summed E-state index contributed by atoms with van der Waals surface area (Å²) in [4.78, 5) is 24.5. The van der Waals surface area contributed by atoms with Crippen LogP contribution in [-0.2, 0) is 9.59 Å². The van der Waals surface area contributed by atoms with Gasteiger partial charge in [-0.1, -0.05) is 38.7 Å². The molecule has 1 saturated heterocycles. The van der Waals surface area contributed by atoms with Crippen LogP contribution in [0.25, 0.3) is 0 Å². The van der Waals surface area contributed by atoms with Crippen molar-refractivity contribution in [1.82, 2.24) is 4.90 Å². The quantitative estimate of drug-likeness (QED) is 0.490. The monoisotopic (exact) mass is 309 g/mol. The first-order chi connectivity index (χ1) is 10.6. The molecule has 1 amide bonds. The molecule has 0 aromatic heterocycles. The Labute approximate surface area is 134 Å². The van der Waals surface area contributed by atoms with Gasteiger partial charge in [-0.25, -0.2) is 0 Å². The molecule has 0 aromatic rings. The SMILES string of the molecule is CCCCCCCC=CC(=O)N1CCC(CCC(=O)O)CC1. The van der Waals surface area contributed by atoms with Crippen LogP contribution in [0.3, 0.4) is 0 Å². The first kappa shape index (κ1) is 18.7. The number of carboxylic acids is 1. The maximum Gasteiger partial charge on any atom is 0.303 e. The molecule has 0 atom stereocenters. The first-order valence-electron chi connectivity index (χ1n) is 8.80. The Bertz CT molecular complexity index is 357. The molecule has 0 spiro atoms. The number of carbonyl (C=O) groups excluding carboxylic acids is 1. The highest BCUT2D eigenvalue weighted by Gasteiger charge is 2.21. The molecule has 0 radical (unpaired) electrons. The summed E-state index contributed by atoms with van der Waals surface area (Å²) in [5, 5.41) is 8.70. The number of rotatable bonds is 10. The molecule has 0 bridgehead atoms. The van der Waals surface area contributed by atoms with Crippen molar-refractivity contribution in [3.63, 3.8) is 0 Å². The lowest BCUT2D eigenvalue weighted by molar-refractivity contribution is -0.137. The lowest BCUT2D eigenvalue weighted by Gasteiger charge is -2.31. The van der Waals surface area contributed by atoms with Crippen molar-refractivity contribution in [3.8, 4) is 0 Å². The van der Waals surface area contributed by atoms with Crippen molar-refractivity contribution < 1.29 is 14.7 Å². The summed E-state index contributed by atoms with van der Waals surface area (Å²) >= 11 is 0. The predicted octanol–water partition coefficient (Wildman–Crippen LogP) is 4.01. The Morgan fingerprint density at radius 2 is 1.82 bits per heavy atom. The molecular weight excluding hydrogens is 278 g/mol. The van der Waals surface area contributed by atoms with E-state index in [0.29, 0.717) is 5.92 Å². The van der Waals surface area contributed by atoms with Gasteiger partial charge < -0.3 is 10.0 Å². The predicted molar refractivity (Wildman–Crippen MR) is 88.7 cm³/mol. The van der Waals surface area contributed by atoms with Gasteiger partial charge in [-0.05, 0) is 44.1 Å². The molecule has 0 aliphatic carbocycles. The molecule has 1 N–H and O–H groups in total. The molecule has 1 fully saturated rings. The molecule has 1 aliphatic heterocycles. The molecule has 126 valence electrons. The number of hydrogen-bond acceptors (Lipinski definition) is 2. The summed E-state index contributed by atoms with van der Waals surface area (Å²) < 4.78 is 0. The number of nitrogens with zero attached hydrogens (tertiary/aromatic N) is 1. The Morgan fingerprint density at radius 1 is 1.14 bits per heavy atom. The normalized spacial score (nSPS) is 16.3. The molecule has 0 saturated carbocycles. The molecule has 1 heterocycles. The number of likely N-dealkylation sites (tertiary alicyclic amines) is 1. The second-order valence-corrected chi connectivity index (χ2v) is 6.31. The molecule has 1 aliphatic rings. The van der Waals surface area contributed by atoms with Gasteiger partial charge in [0.1, 0.15) is 0 Å². The van der Waals surface area contributed by atoms with E-state index in [0.717, 1.165) is 38.8 Å². The zero-order chi connectivity index (χ0) is 16.2. The van der Waals surface area contributed by atoms with Crippen LogP contribution in [0.15, 0.2) is 12.2 Å². The Morgan fingerprint density at radius 3 is 2.45 bits per heavy atom. The topological polar surface area (TPSA) is 57.6 Å². The van der Waals surface area contributed by atoms with E-state index in [-0.39, 0.29) is 12.3 Å². The van der Waals surface area contributed by atoms with Gasteiger partial charge in [0.15, 0.2) is 0 Å². The van der Waals surface area contributed by atoms with Crippen LogP contribution in [0.2, 0.25) is 0 Å². The van der Waals surface area contributed by atoms with E-state index in [9.17, 15) is 9.59 Å². The van der Waals surface area contributed by atoms with Crippen LogP contribution in [0, 0.1) is 5.92 Å².